The molecule has 30 heavy (non-hydrogen) atoms. The van der Waals surface area contributed by atoms with Gasteiger partial charge in [-0.2, -0.15) is 4.98 Å². The van der Waals surface area contributed by atoms with Gasteiger partial charge in [0.25, 0.3) is 5.89 Å². The lowest BCUT2D eigenvalue weighted by Gasteiger charge is -2.22. The van der Waals surface area contributed by atoms with E-state index in [9.17, 15) is 0 Å². The van der Waals surface area contributed by atoms with E-state index >= 15 is 0 Å². The number of ether oxygens (including phenoxy) is 1. The molecule has 0 bridgehead atoms. The van der Waals surface area contributed by atoms with E-state index in [0.29, 0.717) is 23.6 Å². The number of hydrogen-bond donors (Lipinski definition) is 1. The van der Waals surface area contributed by atoms with E-state index in [1.165, 1.54) is 0 Å². The Bertz CT molecular complexity index is 1080. The van der Waals surface area contributed by atoms with Crippen LogP contribution in [0.1, 0.15) is 18.9 Å². The van der Waals surface area contributed by atoms with Crippen molar-refractivity contribution in [1.82, 2.24) is 35.2 Å². The molecule has 0 amide bonds. The van der Waals surface area contributed by atoms with Crippen molar-refractivity contribution in [3.63, 3.8) is 0 Å². The zero-order valence-corrected chi connectivity index (χ0v) is 16.8. The van der Waals surface area contributed by atoms with Gasteiger partial charge in [-0.15, -0.1) is 17.5 Å². The highest BCUT2D eigenvalue weighted by Crippen LogP contribution is 2.24. The van der Waals surface area contributed by atoms with Crippen molar-refractivity contribution in [2.75, 3.05) is 13.1 Å². The maximum atomic E-state index is 5.70. The van der Waals surface area contributed by atoms with Crippen LogP contribution in [0.3, 0.4) is 0 Å². The molecule has 4 heterocycles. The Hall–Kier alpha value is -3.30. The molecule has 0 saturated carbocycles. The molecule has 0 spiro atoms. The van der Waals surface area contributed by atoms with Gasteiger partial charge in [-0.05, 0) is 37.6 Å². The van der Waals surface area contributed by atoms with Crippen LogP contribution in [0.4, 0.5) is 0 Å². The van der Waals surface area contributed by atoms with Gasteiger partial charge in [-0.1, -0.05) is 23.4 Å². The smallest absolute Gasteiger partial charge is 0.297 e. The van der Waals surface area contributed by atoms with E-state index in [0.717, 1.165) is 37.2 Å². The number of para-hydroxylation sites is 1. The van der Waals surface area contributed by atoms with Gasteiger partial charge >= 0.3 is 0 Å². The lowest BCUT2D eigenvalue weighted by atomic mass is 10.1. The maximum Gasteiger partial charge on any atom is 0.297 e. The van der Waals surface area contributed by atoms with Crippen LogP contribution in [-0.4, -0.2) is 43.0 Å². The Morgan fingerprint density at radius 2 is 1.97 bits per heavy atom. The quantitative estimate of drug-likeness (QED) is 0.517. The third-order valence-electron chi connectivity index (χ3n) is 4.73. The van der Waals surface area contributed by atoms with E-state index in [1.54, 1.807) is 18.6 Å². The molecular formula is C20H20ClN7O2. The standard InChI is InChI=1S/C20H19N7O2.ClH/c1-2-6-16(7-3-1)28-17-9-8-14(11-22-17)18-24-20(29-26-18)19-23-13-27(25-19)15-5-4-10-21-12-15;/h1-3,6-9,11,13,15,21H,4-5,10,12H2;1H. The summed E-state index contributed by atoms with van der Waals surface area (Å²) in [4.78, 5) is 13.0. The molecule has 154 valence electrons. The molecule has 1 unspecified atom stereocenters. The van der Waals surface area contributed by atoms with Gasteiger partial charge in [-0.25, -0.2) is 14.6 Å². The lowest BCUT2D eigenvalue weighted by Crippen LogP contribution is -2.31. The molecule has 1 fully saturated rings. The maximum absolute atomic E-state index is 5.70. The number of hydrogen-bond acceptors (Lipinski definition) is 8. The highest BCUT2D eigenvalue weighted by molar-refractivity contribution is 5.85. The third-order valence-corrected chi connectivity index (χ3v) is 4.73. The van der Waals surface area contributed by atoms with Crippen LogP contribution >= 0.6 is 12.4 Å². The van der Waals surface area contributed by atoms with Gasteiger partial charge in [0, 0.05) is 24.4 Å². The molecule has 10 heteroatoms. The van der Waals surface area contributed by atoms with Crippen molar-refractivity contribution in [2.45, 2.75) is 18.9 Å². The van der Waals surface area contributed by atoms with Crippen molar-refractivity contribution in [3.05, 3.63) is 55.0 Å². The average molecular weight is 426 g/mol. The first-order chi connectivity index (χ1) is 14.3. The zero-order valence-electron chi connectivity index (χ0n) is 16.0. The van der Waals surface area contributed by atoms with Crippen LogP contribution in [-0.2, 0) is 0 Å². The molecule has 1 aromatic carbocycles. The predicted octanol–water partition coefficient (Wildman–Crippen LogP) is 3.53. The number of benzene rings is 1. The fourth-order valence-electron chi connectivity index (χ4n) is 3.22. The molecule has 4 aromatic rings. The van der Waals surface area contributed by atoms with Gasteiger partial charge in [0.1, 0.15) is 12.1 Å². The summed E-state index contributed by atoms with van der Waals surface area (Å²) in [6.07, 6.45) is 5.57. The Kier molecular flexibility index (Phi) is 6.01. The van der Waals surface area contributed by atoms with Crippen molar-refractivity contribution in [1.29, 1.82) is 0 Å². The summed E-state index contributed by atoms with van der Waals surface area (Å²) in [6, 6.07) is 13.4. The van der Waals surface area contributed by atoms with Crippen molar-refractivity contribution in [3.8, 4) is 34.7 Å². The summed E-state index contributed by atoms with van der Waals surface area (Å²) in [6.45, 7) is 1.94. The molecule has 5 rings (SSSR count). The van der Waals surface area contributed by atoms with Gasteiger partial charge in [0.15, 0.2) is 0 Å². The minimum Gasteiger partial charge on any atom is -0.439 e. The largest absolute Gasteiger partial charge is 0.439 e. The Morgan fingerprint density at radius 3 is 2.73 bits per heavy atom. The molecule has 1 aliphatic heterocycles. The SMILES string of the molecule is Cl.c1ccc(Oc2ccc(-c3noc(-c4ncn(C5CCCNC5)n4)n3)cn2)cc1. The summed E-state index contributed by atoms with van der Waals surface area (Å²) in [7, 11) is 0. The molecule has 0 radical (unpaired) electrons. The lowest BCUT2D eigenvalue weighted by molar-refractivity contribution is 0.345. The third kappa shape index (κ3) is 4.32. The number of nitrogens with one attached hydrogen (secondary N) is 1. The predicted molar refractivity (Wildman–Crippen MR) is 111 cm³/mol. The molecular weight excluding hydrogens is 406 g/mol. The first-order valence-electron chi connectivity index (χ1n) is 9.50. The topological polar surface area (TPSA) is 104 Å². The number of rotatable bonds is 5. The fourth-order valence-corrected chi connectivity index (χ4v) is 3.22. The molecule has 1 N–H and O–H groups in total. The van der Waals surface area contributed by atoms with Crippen molar-refractivity contribution in [2.24, 2.45) is 0 Å². The van der Waals surface area contributed by atoms with E-state index in [-0.39, 0.29) is 18.3 Å². The van der Waals surface area contributed by atoms with Crippen LogP contribution in [0.25, 0.3) is 23.1 Å². The Morgan fingerprint density at radius 1 is 1.07 bits per heavy atom. The summed E-state index contributed by atoms with van der Waals surface area (Å²) in [5.41, 5.74) is 0.719. The van der Waals surface area contributed by atoms with Crippen LogP contribution < -0.4 is 10.1 Å². The molecule has 1 atom stereocenters. The number of piperidine rings is 1. The Balaban J connectivity index is 0.00000218. The van der Waals surface area contributed by atoms with E-state index in [1.807, 2.05) is 41.1 Å². The van der Waals surface area contributed by atoms with Crippen LogP contribution in [0, 0.1) is 0 Å². The molecule has 1 saturated heterocycles. The molecule has 0 aliphatic carbocycles. The molecule has 1 aliphatic rings. The highest BCUT2D eigenvalue weighted by atomic mass is 35.5. The zero-order chi connectivity index (χ0) is 19.5. The second-order valence-electron chi connectivity index (χ2n) is 6.77. The fraction of sp³-hybridized carbons (Fsp3) is 0.250. The van der Waals surface area contributed by atoms with Gasteiger partial charge in [-0.3, -0.25) is 0 Å². The van der Waals surface area contributed by atoms with Crippen molar-refractivity contribution < 1.29 is 9.26 Å². The second-order valence-corrected chi connectivity index (χ2v) is 6.77. The average Bonchev–Trinajstić information content (AvgIpc) is 3.46. The normalized spacial score (nSPS) is 16.1. The van der Waals surface area contributed by atoms with Gasteiger partial charge in [0.05, 0.1) is 6.04 Å². The summed E-state index contributed by atoms with van der Waals surface area (Å²) in [5.74, 6) is 2.35. The Labute approximate surface area is 178 Å². The summed E-state index contributed by atoms with van der Waals surface area (Å²) < 4.78 is 12.9. The van der Waals surface area contributed by atoms with Crippen molar-refractivity contribution >= 4 is 12.4 Å². The number of nitrogens with zero attached hydrogens (tertiary/aromatic N) is 6. The monoisotopic (exact) mass is 425 g/mol. The minimum atomic E-state index is 0. The summed E-state index contributed by atoms with van der Waals surface area (Å²) >= 11 is 0. The van der Waals surface area contributed by atoms with Crippen LogP contribution in [0.15, 0.2) is 59.5 Å². The second kappa shape index (κ2) is 9.02. The van der Waals surface area contributed by atoms with Crippen LogP contribution in [0.5, 0.6) is 11.6 Å². The molecule has 9 nitrogen and oxygen atoms in total. The van der Waals surface area contributed by atoms with E-state index in [4.69, 9.17) is 9.26 Å². The van der Waals surface area contributed by atoms with Crippen LogP contribution in [0.2, 0.25) is 0 Å². The highest BCUT2D eigenvalue weighted by Gasteiger charge is 2.19. The number of pyridine rings is 1. The first-order valence-corrected chi connectivity index (χ1v) is 9.50. The number of halogens is 1. The summed E-state index contributed by atoms with van der Waals surface area (Å²) in [5, 5.41) is 11.9. The molecule has 3 aromatic heterocycles. The first kappa shape index (κ1) is 20.0. The van der Waals surface area contributed by atoms with E-state index < -0.39 is 0 Å². The van der Waals surface area contributed by atoms with E-state index in [2.05, 4.69) is 30.5 Å². The van der Waals surface area contributed by atoms with Gasteiger partial charge < -0.3 is 14.6 Å². The minimum absolute atomic E-state index is 0. The van der Waals surface area contributed by atoms with Gasteiger partial charge in [0.2, 0.25) is 17.5 Å². The number of aromatic nitrogens is 6.